The van der Waals surface area contributed by atoms with E-state index in [9.17, 15) is 0 Å². The summed E-state index contributed by atoms with van der Waals surface area (Å²) in [6, 6.07) is 6.01. The highest BCUT2D eigenvalue weighted by Gasteiger charge is 2.21. The van der Waals surface area contributed by atoms with Gasteiger partial charge in [-0.05, 0) is 12.1 Å². The van der Waals surface area contributed by atoms with E-state index < -0.39 is 0 Å². The molecule has 0 fully saturated rings. The number of ether oxygens (including phenoxy) is 1. The Labute approximate surface area is 91.7 Å². The van der Waals surface area contributed by atoms with E-state index in [-0.39, 0.29) is 0 Å². The fraction of sp³-hybridized carbons (Fsp3) is 0.182. The molecule has 3 rings (SSSR count). The fourth-order valence-corrected chi connectivity index (χ4v) is 2.58. The topological polar surface area (TPSA) is 34.1 Å². The monoisotopic (exact) mass is 218 g/mol. The van der Waals surface area contributed by atoms with E-state index in [1.807, 2.05) is 17.6 Å². The second-order valence-electron chi connectivity index (χ2n) is 3.36. The summed E-state index contributed by atoms with van der Waals surface area (Å²) in [5.41, 5.74) is 5.13. The van der Waals surface area contributed by atoms with Crippen LogP contribution in [-0.4, -0.2) is 12.1 Å². The molecular weight excluding hydrogens is 208 g/mol. The molecule has 0 atom stereocenters. The van der Waals surface area contributed by atoms with Gasteiger partial charge in [0.25, 0.3) is 0 Å². The van der Waals surface area contributed by atoms with Crippen LogP contribution in [0.5, 0.6) is 5.75 Å². The number of hydrogen-bond donors (Lipinski definition) is 1. The number of nitrogens with one attached hydrogen (secondary N) is 1. The van der Waals surface area contributed by atoms with Crippen molar-refractivity contribution in [3.8, 4) is 17.0 Å². The SMILES string of the molecule is COc1cccc2c1-c1ncsc1CN2. The van der Waals surface area contributed by atoms with Crippen LogP contribution in [0.4, 0.5) is 5.69 Å². The number of aromatic nitrogens is 1. The molecule has 0 aliphatic carbocycles. The lowest BCUT2D eigenvalue weighted by atomic mass is 10.0. The smallest absolute Gasteiger partial charge is 0.130 e. The Kier molecular flexibility index (Phi) is 1.89. The summed E-state index contributed by atoms with van der Waals surface area (Å²) in [7, 11) is 1.69. The zero-order chi connectivity index (χ0) is 10.3. The summed E-state index contributed by atoms with van der Waals surface area (Å²) in [4.78, 5) is 5.68. The molecule has 0 radical (unpaired) electrons. The van der Waals surface area contributed by atoms with E-state index in [0.29, 0.717) is 0 Å². The molecule has 0 spiro atoms. The Morgan fingerprint density at radius 3 is 3.27 bits per heavy atom. The Hall–Kier alpha value is -1.55. The van der Waals surface area contributed by atoms with E-state index in [4.69, 9.17) is 4.74 Å². The highest BCUT2D eigenvalue weighted by Crippen LogP contribution is 2.42. The molecule has 2 heterocycles. The maximum absolute atomic E-state index is 5.36. The number of methoxy groups -OCH3 is 1. The number of anilines is 1. The molecule has 0 saturated carbocycles. The van der Waals surface area contributed by atoms with Gasteiger partial charge in [0, 0.05) is 5.69 Å². The van der Waals surface area contributed by atoms with E-state index in [2.05, 4.69) is 16.4 Å². The van der Waals surface area contributed by atoms with Gasteiger partial charge in [-0.15, -0.1) is 11.3 Å². The highest BCUT2D eigenvalue weighted by molar-refractivity contribution is 7.10. The number of thiazole rings is 1. The first kappa shape index (κ1) is 8.73. The predicted octanol–water partition coefficient (Wildman–Crippen LogP) is 2.74. The van der Waals surface area contributed by atoms with Gasteiger partial charge in [0.05, 0.1) is 35.3 Å². The molecule has 1 aromatic heterocycles. The van der Waals surface area contributed by atoms with Crippen LogP contribution in [0.3, 0.4) is 0 Å². The largest absolute Gasteiger partial charge is 0.496 e. The van der Waals surface area contributed by atoms with Crippen LogP contribution in [0.2, 0.25) is 0 Å². The lowest BCUT2D eigenvalue weighted by Crippen LogP contribution is -2.07. The van der Waals surface area contributed by atoms with E-state index in [0.717, 1.165) is 29.2 Å². The van der Waals surface area contributed by atoms with Crippen molar-refractivity contribution < 1.29 is 4.74 Å². The summed E-state index contributed by atoms with van der Waals surface area (Å²) < 4.78 is 5.36. The minimum Gasteiger partial charge on any atom is -0.496 e. The van der Waals surface area contributed by atoms with Crippen molar-refractivity contribution in [2.24, 2.45) is 0 Å². The van der Waals surface area contributed by atoms with Crippen LogP contribution in [0.25, 0.3) is 11.3 Å². The molecule has 1 aliphatic rings. The number of nitrogens with zero attached hydrogens (tertiary/aromatic N) is 1. The van der Waals surface area contributed by atoms with Crippen LogP contribution < -0.4 is 10.1 Å². The highest BCUT2D eigenvalue weighted by atomic mass is 32.1. The minimum atomic E-state index is 0.861. The van der Waals surface area contributed by atoms with Gasteiger partial charge in [0.15, 0.2) is 0 Å². The third kappa shape index (κ3) is 1.22. The van der Waals surface area contributed by atoms with E-state index in [1.165, 1.54) is 4.88 Å². The Bertz CT molecular complexity index is 493. The molecule has 1 N–H and O–H groups in total. The standard InChI is InChI=1S/C11H10N2OS/c1-14-8-4-2-3-7-10(8)11-9(5-12-7)15-6-13-11/h2-4,6,12H,5H2,1H3. The molecule has 1 aliphatic heterocycles. The van der Waals surface area contributed by atoms with Gasteiger partial charge >= 0.3 is 0 Å². The van der Waals surface area contributed by atoms with E-state index >= 15 is 0 Å². The first-order valence-electron chi connectivity index (χ1n) is 4.74. The molecule has 4 heteroatoms. The summed E-state index contributed by atoms with van der Waals surface area (Å²) in [5, 5.41) is 3.37. The summed E-state index contributed by atoms with van der Waals surface area (Å²) >= 11 is 1.68. The van der Waals surface area contributed by atoms with Crippen molar-refractivity contribution in [3.05, 3.63) is 28.6 Å². The number of rotatable bonds is 1. The molecule has 0 saturated heterocycles. The van der Waals surface area contributed by atoms with Crippen molar-refractivity contribution >= 4 is 17.0 Å². The summed E-state index contributed by atoms with van der Waals surface area (Å²) in [6.07, 6.45) is 0. The van der Waals surface area contributed by atoms with Gasteiger partial charge in [0.1, 0.15) is 5.75 Å². The molecular formula is C11H10N2OS. The van der Waals surface area contributed by atoms with Crippen LogP contribution >= 0.6 is 11.3 Å². The third-order valence-corrected chi connectivity index (χ3v) is 3.40. The third-order valence-electron chi connectivity index (χ3n) is 2.56. The van der Waals surface area contributed by atoms with Crippen molar-refractivity contribution in [1.82, 2.24) is 4.98 Å². The number of fused-ring (bicyclic) bond motifs is 3. The van der Waals surface area contributed by atoms with Crippen molar-refractivity contribution in [2.45, 2.75) is 6.54 Å². The number of benzene rings is 1. The van der Waals surface area contributed by atoms with Gasteiger partial charge < -0.3 is 10.1 Å². The molecule has 15 heavy (non-hydrogen) atoms. The Morgan fingerprint density at radius 2 is 2.40 bits per heavy atom. The second kappa shape index (κ2) is 3.24. The van der Waals surface area contributed by atoms with Crippen molar-refractivity contribution in [3.63, 3.8) is 0 Å². The quantitative estimate of drug-likeness (QED) is 0.799. The molecule has 2 aromatic rings. The molecule has 76 valence electrons. The zero-order valence-electron chi connectivity index (χ0n) is 8.28. The maximum Gasteiger partial charge on any atom is 0.130 e. The average molecular weight is 218 g/mol. The maximum atomic E-state index is 5.36. The normalized spacial score (nSPS) is 12.6. The fourth-order valence-electron chi connectivity index (χ4n) is 1.87. The van der Waals surface area contributed by atoms with Crippen LogP contribution in [-0.2, 0) is 6.54 Å². The van der Waals surface area contributed by atoms with E-state index in [1.54, 1.807) is 18.4 Å². The summed E-state index contributed by atoms with van der Waals surface area (Å²) in [5.74, 6) is 0.881. The van der Waals surface area contributed by atoms with Crippen LogP contribution in [0.1, 0.15) is 4.88 Å². The molecule has 3 nitrogen and oxygen atoms in total. The lowest BCUT2D eigenvalue weighted by molar-refractivity contribution is 0.416. The van der Waals surface area contributed by atoms with Gasteiger partial charge in [-0.3, -0.25) is 0 Å². The summed E-state index contributed by atoms with van der Waals surface area (Å²) in [6.45, 7) is 0.861. The first-order chi connectivity index (χ1) is 7.40. The molecule has 0 unspecified atom stereocenters. The van der Waals surface area contributed by atoms with Gasteiger partial charge in [-0.25, -0.2) is 4.98 Å². The average Bonchev–Trinajstić information content (AvgIpc) is 2.76. The number of hydrogen-bond acceptors (Lipinski definition) is 4. The predicted molar refractivity (Wildman–Crippen MR) is 61.4 cm³/mol. The molecule has 0 bridgehead atoms. The Balaban J connectivity index is 2.29. The van der Waals surface area contributed by atoms with Crippen molar-refractivity contribution in [1.29, 1.82) is 0 Å². The van der Waals surface area contributed by atoms with Gasteiger partial charge in [-0.2, -0.15) is 0 Å². The van der Waals surface area contributed by atoms with Gasteiger partial charge in [0.2, 0.25) is 0 Å². The zero-order valence-corrected chi connectivity index (χ0v) is 9.10. The lowest BCUT2D eigenvalue weighted by Gasteiger charge is -2.19. The second-order valence-corrected chi connectivity index (χ2v) is 4.30. The minimum absolute atomic E-state index is 0.861. The van der Waals surface area contributed by atoms with Gasteiger partial charge in [-0.1, -0.05) is 6.07 Å². The molecule has 1 aromatic carbocycles. The van der Waals surface area contributed by atoms with Crippen molar-refractivity contribution in [2.75, 3.05) is 12.4 Å². The van der Waals surface area contributed by atoms with Crippen LogP contribution in [0, 0.1) is 0 Å². The molecule has 0 amide bonds. The Morgan fingerprint density at radius 1 is 1.47 bits per heavy atom. The first-order valence-corrected chi connectivity index (χ1v) is 5.61. The van der Waals surface area contributed by atoms with Crippen LogP contribution in [0.15, 0.2) is 23.7 Å².